The Morgan fingerprint density at radius 1 is 1.08 bits per heavy atom. The molecule has 7 heteroatoms. The van der Waals surface area contributed by atoms with Gasteiger partial charge in [0.1, 0.15) is 0 Å². The van der Waals surface area contributed by atoms with E-state index in [-0.39, 0.29) is 11.7 Å². The minimum atomic E-state index is -3.29. The molecule has 2 fully saturated rings. The highest BCUT2D eigenvalue weighted by Gasteiger charge is 2.30. The second kappa shape index (κ2) is 8.97. The van der Waals surface area contributed by atoms with Crippen LogP contribution in [0.5, 0.6) is 0 Å². The number of nitrogens with one attached hydrogen (secondary N) is 2. The van der Waals surface area contributed by atoms with Crippen LogP contribution in [-0.2, 0) is 20.6 Å². The Labute approximate surface area is 156 Å². The van der Waals surface area contributed by atoms with Crippen LogP contribution in [0.1, 0.15) is 37.7 Å². The highest BCUT2D eigenvalue weighted by Crippen LogP contribution is 2.17. The number of nitrogens with zero attached hydrogens (tertiary/aromatic N) is 1. The lowest BCUT2D eigenvalue weighted by Crippen LogP contribution is -3.15. The molecule has 1 saturated carbocycles. The summed E-state index contributed by atoms with van der Waals surface area (Å²) in [7, 11) is -3.29. The van der Waals surface area contributed by atoms with Gasteiger partial charge in [0.25, 0.3) is 5.91 Å². The summed E-state index contributed by atoms with van der Waals surface area (Å²) < 4.78 is 26.7. The Bertz CT molecular complexity index is 679. The molecule has 1 aromatic carbocycles. The second-order valence-corrected chi connectivity index (χ2v) is 9.44. The zero-order valence-corrected chi connectivity index (χ0v) is 16.1. The van der Waals surface area contributed by atoms with Gasteiger partial charge < -0.3 is 10.2 Å². The number of hydrogen-bond donors (Lipinski definition) is 2. The molecule has 1 aliphatic heterocycles. The van der Waals surface area contributed by atoms with Gasteiger partial charge in [-0.2, -0.15) is 4.31 Å². The van der Waals surface area contributed by atoms with Gasteiger partial charge in [-0.05, 0) is 18.4 Å². The van der Waals surface area contributed by atoms with Crippen LogP contribution in [0.3, 0.4) is 0 Å². The largest absolute Gasteiger partial charge is 0.348 e. The van der Waals surface area contributed by atoms with Gasteiger partial charge in [-0.15, -0.1) is 0 Å². The topological polar surface area (TPSA) is 70.9 Å². The van der Waals surface area contributed by atoms with Crippen LogP contribution in [0, 0.1) is 0 Å². The smallest absolute Gasteiger partial charge is 0.275 e. The average molecular weight is 381 g/mol. The molecular weight excluding hydrogens is 350 g/mol. The lowest BCUT2D eigenvalue weighted by molar-refractivity contribution is -0.895. The van der Waals surface area contributed by atoms with E-state index in [1.54, 1.807) is 4.31 Å². The minimum Gasteiger partial charge on any atom is -0.348 e. The first-order valence-electron chi connectivity index (χ1n) is 9.67. The molecule has 1 saturated heterocycles. The van der Waals surface area contributed by atoms with Crippen LogP contribution >= 0.6 is 0 Å². The molecule has 1 aliphatic carbocycles. The molecule has 0 aromatic heterocycles. The van der Waals surface area contributed by atoms with Gasteiger partial charge in [-0.3, -0.25) is 4.79 Å². The van der Waals surface area contributed by atoms with Crippen LogP contribution in [0.25, 0.3) is 0 Å². The predicted molar refractivity (Wildman–Crippen MR) is 101 cm³/mol. The van der Waals surface area contributed by atoms with Crippen molar-refractivity contribution in [2.45, 2.75) is 43.9 Å². The summed E-state index contributed by atoms with van der Waals surface area (Å²) in [5.41, 5.74) is 0.814. The van der Waals surface area contributed by atoms with Gasteiger partial charge in [0.15, 0.2) is 6.54 Å². The molecule has 1 aromatic rings. The highest BCUT2D eigenvalue weighted by atomic mass is 32.2. The molecule has 0 radical (unpaired) electrons. The number of carbonyl (C=O) groups excluding carboxylic acids is 1. The molecule has 1 heterocycles. The Kier molecular flexibility index (Phi) is 6.67. The highest BCUT2D eigenvalue weighted by molar-refractivity contribution is 7.88. The molecule has 0 unspecified atom stereocenters. The maximum absolute atomic E-state index is 12.6. The van der Waals surface area contributed by atoms with Crippen LogP contribution < -0.4 is 10.2 Å². The summed E-state index contributed by atoms with van der Waals surface area (Å²) in [5, 5.41) is 3.15. The molecule has 1 amide bonds. The van der Waals surface area contributed by atoms with E-state index in [1.807, 2.05) is 30.3 Å². The summed E-state index contributed by atoms with van der Waals surface area (Å²) in [5.74, 6) is 0.151. The number of rotatable bonds is 6. The van der Waals surface area contributed by atoms with E-state index in [0.717, 1.165) is 18.4 Å². The zero-order valence-electron chi connectivity index (χ0n) is 15.3. The number of amides is 1. The molecule has 6 nitrogen and oxygen atoms in total. The van der Waals surface area contributed by atoms with E-state index in [2.05, 4.69) is 5.32 Å². The quantitative estimate of drug-likeness (QED) is 0.739. The van der Waals surface area contributed by atoms with Gasteiger partial charge in [-0.25, -0.2) is 8.42 Å². The first-order chi connectivity index (χ1) is 12.5. The fourth-order valence-corrected chi connectivity index (χ4v) is 5.42. The van der Waals surface area contributed by atoms with Gasteiger partial charge >= 0.3 is 0 Å². The average Bonchev–Trinajstić information content (AvgIpc) is 2.63. The molecule has 0 spiro atoms. The normalized spacial score (nSPS) is 20.8. The number of quaternary nitrogens is 1. The SMILES string of the molecule is O=C(C[NH+]1CCN(S(=O)(=O)Cc2ccccc2)CC1)NC1CCCCC1. The molecule has 3 rings (SSSR count). The lowest BCUT2D eigenvalue weighted by atomic mass is 9.95. The van der Waals surface area contributed by atoms with Gasteiger partial charge in [0, 0.05) is 6.04 Å². The molecule has 144 valence electrons. The monoisotopic (exact) mass is 380 g/mol. The first-order valence-corrected chi connectivity index (χ1v) is 11.3. The summed E-state index contributed by atoms with van der Waals surface area (Å²) in [6, 6.07) is 9.62. The third-order valence-corrected chi connectivity index (χ3v) is 7.25. The maximum Gasteiger partial charge on any atom is 0.275 e. The molecular formula is C19H30N3O3S+. The van der Waals surface area contributed by atoms with Crippen molar-refractivity contribution >= 4 is 15.9 Å². The summed E-state index contributed by atoms with van der Waals surface area (Å²) in [4.78, 5) is 13.4. The van der Waals surface area contributed by atoms with Crippen molar-refractivity contribution in [2.24, 2.45) is 0 Å². The van der Waals surface area contributed by atoms with Crippen molar-refractivity contribution in [1.82, 2.24) is 9.62 Å². The third-order valence-electron chi connectivity index (χ3n) is 5.40. The van der Waals surface area contributed by atoms with Gasteiger partial charge in [0.2, 0.25) is 10.0 Å². The van der Waals surface area contributed by atoms with Crippen molar-refractivity contribution in [3.8, 4) is 0 Å². The van der Waals surface area contributed by atoms with E-state index in [4.69, 9.17) is 0 Å². The maximum atomic E-state index is 12.6. The van der Waals surface area contributed by atoms with Crippen molar-refractivity contribution in [3.05, 3.63) is 35.9 Å². The summed E-state index contributed by atoms with van der Waals surface area (Å²) in [6.07, 6.45) is 5.86. The molecule has 26 heavy (non-hydrogen) atoms. The van der Waals surface area contributed by atoms with Gasteiger partial charge in [-0.1, -0.05) is 49.6 Å². The van der Waals surface area contributed by atoms with Crippen LogP contribution in [0.15, 0.2) is 30.3 Å². The van der Waals surface area contributed by atoms with E-state index < -0.39 is 10.0 Å². The summed E-state index contributed by atoms with van der Waals surface area (Å²) >= 11 is 0. The van der Waals surface area contributed by atoms with Crippen molar-refractivity contribution in [2.75, 3.05) is 32.7 Å². The Balaban J connectivity index is 1.44. The van der Waals surface area contributed by atoms with E-state index >= 15 is 0 Å². The number of carbonyl (C=O) groups is 1. The van der Waals surface area contributed by atoms with Crippen molar-refractivity contribution in [3.63, 3.8) is 0 Å². The fraction of sp³-hybridized carbons (Fsp3) is 0.632. The van der Waals surface area contributed by atoms with Crippen molar-refractivity contribution < 1.29 is 18.1 Å². The van der Waals surface area contributed by atoms with E-state index in [9.17, 15) is 13.2 Å². The Morgan fingerprint density at radius 2 is 1.73 bits per heavy atom. The second-order valence-electron chi connectivity index (χ2n) is 7.47. The van der Waals surface area contributed by atoms with E-state index in [0.29, 0.717) is 38.8 Å². The minimum absolute atomic E-state index is 0.0470. The van der Waals surface area contributed by atoms with Crippen molar-refractivity contribution in [1.29, 1.82) is 0 Å². The first kappa shape index (κ1) is 19.3. The number of piperazine rings is 1. The Morgan fingerprint density at radius 3 is 2.38 bits per heavy atom. The molecule has 0 bridgehead atoms. The number of sulfonamides is 1. The standard InChI is InChI=1S/C19H29N3O3S/c23-19(20-18-9-5-2-6-10-18)15-21-11-13-22(14-12-21)26(24,25)16-17-7-3-1-4-8-17/h1,3-4,7-8,18H,2,5-6,9-16H2,(H,20,23)/p+1. The molecule has 2 N–H and O–H groups in total. The predicted octanol–water partition coefficient (Wildman–Crippen LogP) is 0.166. The molecule has 2 aliphatic rings. The zero-order chi connectivity index (χ0) is 18.4. The Hall–Kier alpha value is -1.44. The lowest BCUT2D eigenvalue weighted by Gasteiger charge is -2.31. The number of benzene rings is 1. The van der Waals surface area contributed by atoms with Crippen LogP contribution in [0.4, 0.5) is 0 Å². The number of hydrogen-bond acceptors (Lipinski definition) is 3. The summed E-state index contributed by atoms with van der Waals surface area (Å²) in [6.45, 7) is 2.80. The third kappa shape index (κ3) is 5.53. The van der Waals surface area contributed by atoms with Crippen LogP contribution in [0.2, 0.25) is 0 Å². The molecule has 0 atom stereocenters. The van der Waals surface area contributed by atoms with E-state index in [1.165, 1.54) is 24.2 Å². The fourth-order valence-electron chi connectivity index (χ4n) is 3.89. The van der Waals surface area contributed by atoms with Crippen LogP contribution in [-0.4, -0.2) is 57.4 Å². The van der Waals surface area contributed by atoms with Gasteiger partial charge in [0.05, 0.1) is 31.9 Å².